The summed E-state index contributed by atoms with van der Waals surface area (Å²) in [4.78, 5) is 21.7. The first-order chi connectivity index (χ1) is 6.20. The van der Waals surface area contributed by atoms with Gasteiger partial charge in [0.25, 0.3) is 0 Å². The molecule has 0 unspecified atom stereocenters. The van der Waals surface area contributed by atoms with Crippen molar-refractivity contribution in [3.63, 3.8) is 0 Å². The summed E-state index contributed by atoms with van der Waals surface area (Å²) < 4.78 is 4.39. The summed E-state index contributed by atoms with van der Waals surface area (Å²) >= 11 is 0. The van der Waals surface area contributed by atoms with Crippen LogP contribution in [0.2, 0.25) is 0 Å². The number of hydrogen-bond acceptors (Lipinski definition) is 3. The monoisotopic (exact) mass is 186 g/mol. The van der Waals surface area contributed by atoms with Crippen LogP contribution in [0.25, 0.3) is 0 Å². The molecule has 0 aliphatic rings. The second-order valence-corrected chi connectivity index (χ2v) is 3.10. The van der Waals surface area contributed by atoms with Gasteiger partial charge in [0.15, 0.2) is 0 Å². The van der Waals surface area contributed by atoms with Crippen LogP contribution in [0.5, 0.6) is 0 Å². The third kappa shape index (κ3) is 7.50. The minimum atomic E-state index is -0.430. The fraction of sp³-hybridized carbons (Fsp3) is 0.800. The lowest BCUT2D eigenvalue weighted by atomic mass is 10.1. The Morgan fingerprint density at radius 3 is 2.38 bits per heavy atom. The molecule has 76 valence electrons. The molecule has 0 aromatic heterocycles. The summed E-state index contributed by atoms with van der Waals surface area (Å²) in [5.41, 5.74) is 0. The summed E-state index contributed by atoms with van der Waals surface area (Å²) in [7, 11) is 1.30. The van der Waals surface area contributed by atoms with Crippen molar-refractivity contribution in [1.82, 2.24) is 0 Å². The second kappa shape index (κ2) is 7.77. The molecule has 0 saturated carbocycles. The highest BCUT2D eigenvalue weighted by Crippen LogP contribution is 2.04. The fourth-order valence-corrected chi connectivity index (χ4v) is 1.07. The topological polar surface area (TPSA) is 43.4 Å². The van der Waals surface area contributed by atoms with Gasteiger partial charge in [-0.1, -0.05) is 26.2 Å². The van der Waals surface area contributed by atoms with E-state index in [4.69, 9.17) is 0 Å². The van der Waals surface area contributed by atoms with Crippen molar-refractivity contribution in [1.29, 1.82) is 0 Å². The van der Waals surface area contributed by atoms with Crippen molar-refractivity contribution in [2.45, 2.75) is 45.4 Å². The van der Waals surface area contributed by atoms with E-state index < -0.39 is 5.97 Å². The maximum Gasteiger partial charge on any atom is 0.313 e. The molecule has 3 heteroatoms. The van der Waals surface area contributed by atoms with Crippen LogP contribution in [0.3, 0.4) is 0 Å². The van der Waals surface area contributed by atoms with E-state index in [1.165, 1.54) is 7.11 Å². The maximum absolute atomic E-state index is 11.1. The maximum atomic E-state index is 11.1. The Balaban J connectivity index is 3.35. The average Bonchev–Trinajstić information content (AvgIpc) is 2.12. The predicted octanol–water partition coefficient (Wildman–Crippen LogP) is 2.09. The highest BCUT2D eigenvalue weighted by atomic mass is 16.5. The minimum Gasteiger partial charge on any atom is -0.469 e. The third-order valence-electron chi connectivity index (χ3n) is 1.88. The van der Waals surface area contributed by atoms with Crippen molar-refractivity contribution in [2.75, 3.05) is 7.11 Å². The first-order valence-electron chi connectivity index (χ1n) is 4.79. The second-order valence-electron chi connectivity index (χ2n) is 3.10. The molecular weight excluding hydrogens is 168 g/mol. The quantitative estimate of drug-likeness (QED) is 0.347. The number of carbonyl (C=O) groups is 2. The molecule has 0 aromatic rings. The van der Waals surface area contributed by atoms with Gasteiger partial charge in [-0.25, -0.2) is 0 Å². The highest BCUT2D eigenvalue weighted by molar-refractivity contribution is 5.95. The van der Waals surface area contributed by atoms with Crippen molar-refractivity contribution in [3.05, 3.63) is 0 Å². The van der Waals surface area contributed by atoms with Crippen LogP contribution in [0.4, 0.5) is 0 Å². The van der Waals surface area contributed by atoms with Crippen molar-refractivity contribution in [3.8, 4) is 0 Å². The smallest absolute Gasteiger partial charge is 0.313 e. The van der Waals surface area contributed by atoms with Gasteiger partial charge < -0.3 is 4.74 Å². The lowest BCUT2D eigenvalue weighted by molar-refractivity contribution is -0.143. The molecule has 0 aliphatic carbocycles. The molecule has 0 aliphatic heterocycles. The molecular formula is C10H18O3. The molecule has 0 saturated heterocycles. The number of Topliss-reactive ketones (excluding diaryl/α,β-unsaturated/α-hetero) is 1. The molecule has 0 fully saturated rings. The van der Waals surface area contributed by atoms with Crippen LogP contribution in [0, 0.1) is 0 Å². The Kier molecular flexibility index (Phi) is 7.26. The van der Waals surface area contributed by atoms with E-state index in [1.54, 1.807) is 0 Å². The molecule has 0 spiro atoms. The number of unbranched alkanes of at least 4 members (excludes halogenated alkanes) is 3. The van der Waals surface area contributed by atoms with E-state index in [9.17, 15) is 9.59 Å². The normalized spacial score (nSPS) is 9.69. The number of ketones is 1. The number of ether oxygens (including phenoxy) is 1. The van der Waals surface area contributed by atoms with Crippen molar-refractivity contribution in [2.24, 2.45) is 0 Å². The Labute approximate surface area is 79.5 Å². The Bertz CT molecular complexity index is 164. The lowest BCUT2D eigenvalue weighted by Gasteiger charge is -1.99. The average molecular weight is 186 g/mol. The Hall–Kier alpha value is -0.860. The minimum absolute atomic E-state index is 0.0112. The standard InChI is InChI=1S/C10H18O3/c1-3-4-5-6-7-9(11)8-10(12)13-2/h3-8H2,1-2H3. The van der Waals surface area contributed by atoms with E-state index >= 15 is 0 Å². The molecule has 0 radical (unpaired) electrons. The molecule has 0 rings (SSSR count). The van der Waals surface area contributed by atoms with E-state index in [0.29, 0.717) is 6.42 Å². The number of esters is 1. The molecule has 3 nitrogen and oxygen atoms in total. The van der Waals surface area contributed by atoms with Gasteiger partial charge in [0, 0.05) is 6.42 Å². The molecule has 0 amide bonds. The first-order valence-corrected chi connectivity index (χ1v) is 4.79. The molecule has 0 atom stereocenters. The van der Waals surface area contributed by atoms with E-state index in [1.807, 2.05) is 0 Å². The summed E-state index contributed by atoms with van der Waals surface area (Å²) in [6.07, 6.45) is 4.72. The number of carbonyl (C=O) groups excluding carboxylic acids is 2. The van der Waals surface area contributed by atoms with Crippen molar-refractivity contribution < 1.29 is 14.3 Å². The zero-order valence-electron chi connectivity index (χ0n) is 8.47. The van der Waals surface area contributed by atoms with Gasteiger partial charge in [0.05, 0.1) is 7.11 Å². The predicted molar refractivity (Wildman–Crippen MR) is 50.4 cm³/mol. The van der Waals surface area contributed by atoms with E-state index in [-0.39, 0.29) is 12.2 Å². The van der Waals surface area contributed by atoms with Crippen LogP contribution in [0.1, 0.15) is 45.4 Å². The van der Waals surface area contributed by atoms with E-state index in [2.05, 4.69) is 11.7 Å². The Morgan fingerprint density at radius 1 is 1.15 bits per heavy atom. The number of hydrogen-bond donors (Lipinski definition) is 0. The summed E-state index contributed by atoms with van der Waals surface area (Å²) in [6, 6.07) is 0. The van der Waals surface area contributed by atoms with E-state index in [0.717, 1.165) is 25.7 Å². The highest BCUT2D eigenvalue weighted by Gasteiger charge is 2.08. The van der Waals surface area contributed by atoms with Gasteiger partial charge in [-0.2, -0.15) is 0 Å². The van der Waals surface area contributed by atoms with Gasteiger partial charge in [-0.15, -0.1) is 0 Å². The van der Waals surface area contributed by atoms with Gasteiger partial charge in [0.1, 0.15) is 12.2 Å². The lowest BCUT2D eigenvalue weighted by Crippen LogP contribution is -2.08. The molecule has 0 aromatic carbocycles. The van der Waals surface area contributed by atoms with Crippen LogP contribution in [-0.4, -0.2) is 18.9 Å². The summed E-state index contributed by atoms with van der Waals surface area (Å²) in [5.74, 6) is -0.441. The molecule has 0 N–H and O–H groups in total. The van der Waals surface area contributed by atoms with Crippen LogP contribution in [-0.2, 0) is 14.3 Å². The molecule has 13 heavy (non-hydrogen) atoms. The van der Waals surface area contributed by atoms with Gasteiger partial charge >= 0.3 is 5.97 Å². The largest absolute Gasteiger partial charge is 0.469 e. The molecule has 0 heterocycles. The van der Waals surface area contributed by atoms with Crippen LogP contribution >= 0.6 is 0 Å². The number of methoxy groups -OCH3 is 1. The zero-order chi connectivity index (χ0) is 10.1. The van der Waals surface area contributed by atoms with Crippen LogP contribution < -0.4 is 0 Å². The fourth-order valence-electron chi connectivity index (χ4n) is 1.07. The van der Waals surface area contributed by atoms with Crippen LogP contribution in [0.15, 0.2) is 0 Å². The van der Waals surface area contributed by atoms with Gasteiger partial charge in [0.2, 0.25) is 0 Å². The molecule has 0 bridgehead atoms. The third-order valence-corrected chi connectivity index (χ3v) is 1.88. The summed E-state index contributed by atoms with van der Waals surface area (Å²) in [6.45, 7) is 2.12. The Morgan fingerprint density at radius 2 is 1.85 bits per heavy atom. The first kappa shape index (κ1) is 12.1. The van der Waals surface area contributed by atoms with Gasteiger partial charge in [-0.05, 0) is 6.42 Å². The van der Waals surface area contributed by atoms with Gasteiger partial charge in [-0.3, -0.25) is 9.59 Å². The zero-order valence-corrected chi connectivity index (χ0v) is 8.47. The van der Waals surface area contributed by atoms with Crippen molar-refractivity contribution >= 4 is 11.8 Å². The summed E-state index contributed by atoms with van der Waals surface area (Å²) in [5, 5.41) is 0. The SMILES string of the molecule is CCCCCCC(=O)CC(=O)OC. The number of rotatable bonds is 7.